The van der Waals surface area contributed by atoms with Gasteiger partial charge in [-0.05, 0) is 56.0 Å². The van der Waals surface area contributed by atoms with Crippen molar-refractivity contribution in [2.24, 2.45) is 5.73 Å². The highest BCUT2D eigenvalue weighted by molar-refractivity contribution is 6.05. The number of imide groups is 1. The number of piperidine rings is 2. The third-order valence-corrected chi connectivity index (χ3v) is 6.24. The van der Waals surface area contributed by atoms with Crippen molar-refractivity contribution in [2.75, 3.05) is 19.6 Å². The van der Waals surface area contributed by atoms with E-state index in [9.17, 15) is 19.5 Å². The van der Waals surface area contributed by atoms with E-state index >= 15 is 0 Å². The average Bonchev–Trinajstić information content (AvgIpc) is 2.98. The van der Waals surface area contributed by atoms with Crippen LogP contribution in [0.25, 0.3) is 0 Å². The van der Waals surface area contributed by atoms with E-state index in [1.165, 1.54) is 0 Å². The Balaban J connectivity index is 1.45. The van der Waals surface area contributed by atoms with Gasteiger partial charge >= 0.3 is 0 Å². The quantitative estimate of drug-likeness (QED) is 0.605. The molecule has 2 unspecified atom stereocenters. The Morgan fingerprint density at radius 2 is 2.10 bits per heavy atom. The van der Waals surface area contributed by atoms with Crippen LogP contribution in [0.2, 0.25) is 0 Å². The maximum atomic E-state index is 12.8. The number of nitrogens with zero attached hydrogens (tertiary/aromatic N) is 2. The van der Waals surface area contributed by atoms with Crippen molar-refractivity contribution in [2.45, 2.75) is 56.8 Å². The Kier molecular flexibility index (Phi) is 5.42. The number of β-amino-alcohol motifs (C(OH)–C–C–N with tert-alkyl or cyclic N) is 1. The number of likely N-dealkylation sites (tertiary alicyclic amines) is 1. The van der Waals surface area contributed by atoms with E-state index in [2.05, 4.69) is 10.2 Å². The number of nitrogens with one attached hydrogen (secondary N) is 1. The second-order valence-electron chi connectivity index (χ2n) is 8.47. The molecule has 0 aliphatic carbocycles. The van der Waals surface area contributed by atoms with Crippen LogP contribution < -0.4 is 11.1 Å². The molecule has 2 fully saturated rings. The van der Waals surface area contributed by atoms with E-state index in [1.54, 1.807) is 4.90 Å². The number of amides is 3. The van der Waals surface area contributed by atoms with Crippen molar-refractivity contribution in [1.82, 2.24) is 15.1 Å². The topological polar surface area (TPSA) is 116 Å². The standard InChI is InChI=1S/C21H28N4O4/c22-8-7-21(29)6-1-9-24(13-21)11-14-2-3-16-15(10-14)12-25(20(16)28)17-4-5-18(26)23-19(17)27/h2-3,10,17,29H,1,4-9,11-13,22H2,(H,23,26,27). The summed E-state index contributed by atoms with van der Waals surface area (Å²) in [4.78, 5) is 40.1. The summed E-state index contributed by atoms with van der Waals surface area (Å²) < 4.78 is 0. The van der Waals surface area contributed by atoms with E-state index in [-0.39, 0.29) is 18.2 Å². The molecule has 3 aliphatic heterocycles. The number of nitrogens with two attached hydrogens (primary N) is 1. The first-order valence-corrected chi connectivity index (χ1v) is 10.3. The molecular weight excluding hydrogens is 372 g/mol. The zero-order valence-electron chi connectivity index (χ0n) is 16.5. The minimum atomic E-state index is -0.720. The van der Waals surface area contributed by atoms with Gasteiger partial charge in [-0.15, -0.1) is 0 Å². The van der Waals surface area contributed by atoms with E-state index in [0.29, 0.717) is 44.6 Å². The van der Waals surface area contributed by atoms with Gasteiger partial charge in [0.05, 0.1) is 5.60 Å². The summed E-state index contributed by atoms with van der Waals surface area (Å²) in [6, 6.07) is 5.20. The number of rotatable bonds is 5. The highest BCUT2D eigenvalue weighted by Crippen LogP contribution is 2.30. The van der Waals surface area contributed by atoms with Gasteiger partial charge in [0.15, 0.2) is 0 Å². The lowest BCUT2D eigenvalue weighted by Gasteiger charge is -2.39. The Bertz CT molecular complexity index is 838. The Morgan fingerprint density at radius 1 is 1.28 bits per heavy atom. The number of carbonyl (C=O) groups excluding carboxylic acids is 3. The summed E-state index contributed by atoms with van der Waals surface area (Å²) in [5.41, 5.74) is 7.54. The number of aliphatic hydroxyl groups is 1. The molecule has 8 nitrogen and oxygen atoms in total. The molecule has 4 N–H and O–H groups in total. The molecule has 3 aliphatic rings. The SMILES string of the molecule is NCCC1(O)CCCN(Cc2ccc3c(c2)CN(C2CCC(=O)NC2=O)C3=O)C1. The van der Waals surface area contributed by atoms with Crippen LogP contribution in [0.5, 0.6) is 0 Å². The summed E-state index contributed by atoms with van der Waals surface area (Å²) in [7, 11) is 0. The van der Waals surface area contributed by atoms with Crippen molar-refractivity contribution in [3.05, 3.63) is 34.9 Å². The van der Waals surface area contributed by atoms with Crippen LogP contribution in [0.3, 0.4) is 0 Å². The van der Waals surface area contributed by atoms with E-state index in [4.69, 9.17) is 5.73 Å². The van der Waals surface area contributed by atoms with Gasteiger partial charge in [0.25, 0.3) is 5.91 Å². The van der Waals surface area contributed by atoms with Gasteiger partial charge < -0.3 is 15.7 Å². The van der Waals surface area contributed by atoms with Gasteiger partial charge in [-0.3, -0.25) is 24.6 Å². The molecule has 4 rings (SSSR count). The number of carbonyl (C=O) groups is 3. The maximum Gasteiger partial charge on any atom is 0.255 e. The summed E-state index contributed by atoms with van der Waals surface area (Å²) in [6.07, 6.45) is 2.93. The molecule has 3 heterocycles. The normalized spacial score (nSPS) is 27.9. The fourth-order valence-corrected chi connectivity index (χ4v) is 4.80. The summed E-state index contributed by atoms with van der Waals surface area (Å²) >= 11 is 0. The average molecular weight is 400 g/mol. The molecule has 2 atom stereocenters. The molecule has 0 radical (unpaired) electrons. The number of hydrogen-bond donors (Lipinski definition) is 3. The zero-order valence-corrected chi connectivity index (χ0v) is 16.5. The molecule has 3 amide bonds. The third-order valence-electron chi connectivity index (χ3n) is 6.24. The Morgan fingerprint density at radius 3 is 2.86 bits per heavy atom. The van der Waals surface area contributed by atoms with E-state index in [0.717, 1.165) is 30.5 Å². The molecule has 0 aromatic heterocycles. The molecule has 8 heteroatoms. The number of benzene rings is 1. The second kappa shape index (κ2) is 7.85. The van der Waals surface area contributed by atoms with Crippen LogP contribution in [-0.4, -0.2) is 63.9 Å². The number of hydrogen-bond acceptors (Lipinski definition) is 6. The molecule has 1 aromatic carbocycles. The Hall–Kier alpha value is -2.29. The summed E-state index contributed by atoms with van der Waals surface area (Å²) in [6.45, 7) is 3.08. The largest absolute Gasteiger partial charge is 0.389 e. The predicted molar refractivity (Wildman–Crippen MR) is 106 cm³/mol. The molecule has 0 spiro atoms. The van der Waals surface area contributed by atoms with Gasteiger partial charge in [0, 0.05) is 31.6 Å². The highest BCUT2D eigenvalue weighted by atomic mass is 16.3. The molecule has 2 saturated heterocycles. The van der Waals surface area contributed by atoms with E-state index in [1.807, 2.05) is 18.2 Å². The summed E-state index contributed by atoms with van der Waals surface area (Å²) in [5.74, 6) is -0.833. The second-order valence-corrected chi connectivity index (χ2v) is 8.47. The van der Waals surface area contributed by atoms with Crippen molar-refractivity contribution < 1.29 is 19.5 Å². The summed E-state index contributed by atoms with van der Waals surface area (Å²) in [5, 5.41) is 13.0. The van der Waals surface area contributed by atoms with Crippen molar-refractivity contribution in [1.29, 1.82) is 0 Å². The van der Waals surface area contributed by atoms with E-state index < -0.39 is 17.6 Å². The Labute approximate surface area is 170 Å². The van der Waals surface area contributed by atoms with Crippen LogP contribution >= 0.6 is 0 Å². The van der Waals surface area contributed by atoms with Crippen molar-refractivity contribution >= 4 is 17.7 Å². The molecule has 29 heavy (non-hydrogen) atoms. The lowest BCUT2D eigenvalue weighted by Crippen LogP contribution is -2.52. The van der Waals surface area contributed by atoms with Crippen molar-refractivity contribution in [3.63, 3.8) is 0 Å². The molecule has 0 saturated carbocycles. The lowest BCUT2D eigenvalue weighted by molar-refractivity contribution is -0.136. The van der Waals surface area contributed by atoms with Gasteiger partial charge in [-0.25, -0.2) is 0 Å². The van der Waals surface area contributed by atoms with Gasteiger partial charge in [-0.2, -0.15) is 0 Å². The number of fused-ring (bicyclic) bond motifs is 1. The van der Waals surface area contributed by atoms with Crippen LogP contribution in [0.1, 0.15) is 53.6 Å². The van der Waals surface area contributed by atoms with Gasteiger partial charge in [0.1, 0.15) is 6.04 Å². The smallest absolute Gasteiger partial charge is 0.255 e. The zero-order chi connectivity index (χ0) is 20.6. The van der Waals surface area contributed by atoms with Crippen molar-refractivity contribution in [3.8, 4) is 0 Å². The fourth-order valence-electron chi connectivity index (χ4n) is 4.80. The molecule has 156 valence electrons. The van der Waals surface area contributed by atoms with Gasteiger partial charge in [0.2, 0.25) is 11.8 Å². The van der Waals surface area contributed by atoms with Crippen LogP contribution in [0.15, 0.2) is 18.2 Å². The third kappa shape index (κ3) is 4.05. The minimum Gasteiger partial charge on any atom is -0.389 e. The van der Waals surface area contributed by atoms with Crippen LogP contribution in [-0.2, 0) is 22.7 Å². The molecule has 0 bridgehead atoms. The monoisotopic (exact) mass is 400 g/mol. The van der Waals surface area contributed by atoms with Crippen LogP contribution in [0, 0.1) is 0 Å². The predicted octanol–water partition coefficient (Wildman–Crippen LogP) is 0.123. The maximum absolute atomic E-state index is 12.8. The first-order valence-electron chi connectivity index (χ1n) is 10.3. The highest BCUT2D eigenvalue weighted by Gasteiger charge is 2.39. The minimum absolute atomic E-state index is 0.156. The fraction of sp³-hybridized carbons (Fsp3) is 0.571. The lowest BCUT2D eigenvalue weighted by atomic mass is 9.89. The first kappa shape index (κ1) is 20.0. The molecule has 1 aromatic rings. The molecular formula is C21H28N4O4. The van der Waals surface area contributed by atoms with Gasteiger partial charge in [-0.1, -0.05) is 12.1 Å². The van der Waals surface area contributed by atoms with Crippen LogP contribution in [0.4, 0.5) is 0 Å². The first-order chi connectivity index (χ1) is 13.9.